The first-order valence-electron chi connectivity index (χ1n) is 5.36. The molecule has 16 heavy (non-hydrogen) atoms. The van der Waals surface area contributed by atoms with Crippen LogP contribution in [0.2, 0.25) is 0 Å². The normalized spacial score (nSPS) is 10.4. The van der Waals surface area contributed by atoms with E-state index in [2.05, 4.69) is 21.2 Å². The van der Waals surface area contributed by atoms with E-state index in [9.17, 15) is 4.79 Å². The number of aliphatic hydroxyl groups is 1. The molecule has 1 rings (SSSR count). The smallest absolute Gasteiger partial charge is 0.267 e. The second-order valence-electron chi connectivity index (χ2n) is 3.69. The number of hydrogen-bond donors (Lipinski definition) is 2. The lowest BCUT2D eigenvalue weighted by Crippen LogP contribution is -2.26. The fourth-order valence-corrected chi connectivity index (χ4v) is 1.98. The van der Waals surface area contributed by atoms with Gasteiger partial charge in [-0.05, 0) is 41.3 Å². The van der Waals surface area contributed by atoms with Gasteiger partial charge in [0.2, 0.25) is 0 Å². The number of nitrogens with zero attached hydrogens (tertiary/aromatic N) is 1. The number of carbonyl (C=O) groups excluding carboxylic acids is 1. The average Bonchev–Trinajstić information content (AvgIpc) is 2.57. The number of carbonyl (C=O) groups is 1. The van der Waals surface area contributed by atoms with Crippen molar-refractivity contribution in [3.63, 3.8) is 0 Å². The van der Waals surface area contributed by atoms with Gasteiger partial charge in [0.1, 0.15) is 5.69 Å². The van der Waals surface area contributed by atoms with Crippen LogP contribution in [0.3, 0.4) is 0 Å². The lowest BCUT2D eigenvalue weighted by atomic mass is 10.2. The first kappa shape index (κ1) is 13.3. The predicted molar refractivity (Wildman–Crippen MR) is 66.4 cm³/mol. The quantitative estimate of drug-likeness (QED) is 0.783. The number of nitrogens with one attached hydrogen (secondary N) is 1. The number of aryl methyl sites for hydroxylation is 1. The molecule has 0 atom stereocenters. The Morgan fingerprint density at radius 3 is 2.81 bits per heavy atom. The molecular formula is C11H17BrN2O2. The van der Waals surface area contributed by atoms with E-state index in [4.69, 9.17) is 5.11 Å². The molecule has 0 aliphatic heterocycles. The van der Waals surface area contributed by atoms with Crippen LogP contribution in [0.15, 0.2) is 16.7 Å². The molecule has 0 saturated heterocycles. The molecule has 1 amide bonds. The first-order chi connectivity index (χ1) is 7.65. The molecule has 0 aliphatic rings. The fraction of sp³-hybridized carbons (Fsp3) is 0.545. The third-order valence-corrected chi connectivity index (χ3v) is 2.76. The molecule has 1 heterocycles. The van der Waals surface area contributed by atoms with Gasteiger partial charge in [-0.2, -0.15) is 0 Å². The van der Waals surface area contributed by atoms with Crippen molar-refractivity contribution in [2.45, 2.75) is 19.3 Å². The van der Waals surface area contributed by atoms with Gasteiger partial charge in [-0.3, -0.25) is 4.79 Å². The van der Waals surface area contributed by atoms with Gasteiger partial charge in [0.05, 0.1) is 0 Å². The topological polar surface area (TPSA) is 54.3 Å². The Morgan fingerprint density at radius 2 is 2.25 bits per heavy atom. The van der Waals surface area contributed by atoms with Gasteiger partial charge in [0.15, 0.2) is 0 Å². The summed E-state index contributed by atoms with van der Waals surface area (Å²) in [4.78, 5) is 11.7. The van der Waals surface area contributed by atoms with E-state index >= 15 is 0 Å². The summed E-state index contributed by atoms with van der Waals surface area (Å²) in [7, 11) is 1.84. The van der Waals surface area contributed by atoms with E-state index in [1.165, 1.54) is 0 Å². The number of halogens is 1. The summed E-state index contributed by atoms with van der Waals surface area (Å²) in [5.74, 6) is -0.0581. The van der Waals surface area contributed by atoms with Gasteiger partial charge < -0.3 is 15.0 Å². The molecule has 5 heteroatoms. The summed E-state index contributed by atoms with van der Waals surface area (Å²) in [6.07, 6.45) is 4.48. The maximum Gasteiger partial charge on any atom is 0.267 e. The summed E-state index contributed by atoms with van der Waals surface area (Å²) >= 11 is 3.33. The van der Waals surface area contributed by atoms with Gasteiger partial charge in [0.25, 0.3) is 5.91 Å². The second kappa shape index (κ2) is 6.70. The van der Waals surface area contributed by atoms with Gasteiger partial charge in [0, 0.05) is 30.9 Å². The summed E-state index contributed by atoms with van der Waals surface area (Å²) < 4.78 is 2.69. The highest BCUT2D eigenvalue weighted by atomic mass is 79.9. The van der Waals surface area contributed by atoms with E-state index in [0.29, 0.717) is 12.2 Å². The number of unbranched alkanes of at least 4 members (excludes halogenated alkanes) is 2. The van der Waals surface area contributed by atoms with Crippen molar-refractivity contribution in [3.8, 4) is 0 Å². The lowest BCUT2D eigenvalue weighted by Gasteiger charge is -2.05. The Hall–Kier alpha value is -0.810. The largest absolute Gasteiger partial charge is 0.396 e. The number of aliphatic hydroxyl groups excluding tert-OH is 1. The van der Waals surface area contributed by atoms with E-state index in [0.717, 1.165) is 23.7 Å². The lowest BCUT2D eigenvalue weighted by molar-refractivity contribution is 0.0945. The highest BCUT2D eigenvalue weighted by Crippen LogP contribution is 2.13. The van der Waals surface area contributed by atoms with Crippen molar-refractivity contribution < 1.29 is 9.90 Å². The van der Waals surface area contributed by atoms with E-state index < -0.39 is 0 Å². The number of rotatable bonds is 6. The molecule has 0 unspecified atom stereocenters. The highest BCUT2D eigenvalue weighted by molar-refractivity contribution is 9.10. The molecule has 0 aromatic carbocycles. The minimum Gasteiger partial charge on any atom is -0.396 e. The van der Waals surface area contributed by atoms with E-state index in [1.807, 2.05) is 13.2 Å². The van der Waals surface area contributed by atoms with Crippen LogP contribution in [-0.2, 0) is 7.05 Å². The first-order valence-corrected chi connectivity index (χ1v) is 6.15. The standard InChI is InChI=1S/C11H17BrN2O2/c1-14-8-9(12)7-10(14)11(16)13-5-3-2-4-6-15/h7-8,15H,2-6H2,1H3,(H,13,16). The fourth-order valence-electron chi connectivity index (χ4n) is 1.46. The molecule has 0 spiro atoms. The van der Waals surface area contributed by atoms with Crippen molar-refractivity contribution in [2.75, 3.05) is 13.2 Å². The van der Waals surface area contributed by atoms with Gasteiger partial charge >= 0.3 is 0 Å². The van der Waals surface area contributed by atoms with Gasteiger partial charge in [-0.15, -0.1) is 0 Å². The third kappa shape index (κ3) is 3.98. The van der Waals surface area contributed by atoms with Crippen LogP contribution in [0.25, 0.3) is 0 Å². The molecule has 1 aromatic rings. The molecule has 0 saturated carbocycles. The van der Waals surface area contributed by atoms with Crippen LogP contribution in [0.1, 0.15) is 29.8 Å². The van der Waals surface area contributed by atoms with Crippen molar-refractivity contribution in [1.29, 1.82) is 0 Å². The van der Waals surface area contributed by atoms with Crippen molar-refractivity contribution in [1.82, 2.24) is 9.88 Å². The molecule has 0 bridgehead atoms. The Balaban J connectivity index is 2.33. The van der Waals surface area contributed by atoms with Crippen LogP contribution in [0.5, 0.6) is 0 Å². The zero-order valence-electron chi connectivity index (χ0n) is 9.37. The molecule has 2 N–H and O–H groups in total. The Bertz CT molecular complexity index is 350. The molecule has 0 radical (unpaired) electrons. The highest BCUT2D eigenvalue weighted by Gasteiger charge is 2.09. The molecule has 0 aliphatic carbocycles. The molecular weight excluding hydrogens is 272 g/mol. The second-order valence-corrected chi connectivity index (χ2v) is 4.61. The minimum atomic E-state index is -0.0581. The molecule has 0 fully saturated rings. The van der Waals surface area contributed by atoms with Crippen LogP contribution in [0.4, 0.5) is 0 Å². The zero-order chi connectivity index (χ0) is 12.0. The maximum atomic E-state index is 11.7. The molecule has 1 aromatic heterocycles. The van der Waals surface area contributed by atoms with E-state index in [-0.39, 0.29) is 12.5 Å². The maximum absolute atomic E-state index is 11.7. The van der Waals surface area contributed by atoms with E-state index in [1.54, 1.807) is 10.6 Å². The van der Waals surface area contributed by atoms with Gasteiger partial charge in [-0.25, -0.2) is 0 Å². The summed E-state index contributed by atoms with van der Waals surface area (Å²) in [5, 5.41) is 11.4. The van der Waals surface area contributed by atoms with Crippen LogP contribution < -0.4 is 5.32 Å². The minimum absolute atomic E-state index is 0.0581. The van der Waals surface area contributed by atoms with Crippen molar-refractivity contribution in [2.24, 2.45) is 7.05 Å². The van der Waals surface area contributed by atoms with Crippen molar-refractivity contribution in [3.05, 3.63) is 22.4 Å². The summed E-state index contributed by atoms with van der Waals surface area (Å²) in [6, 6.07) is 1.79. The third-order valence-electron chi connectivity index (χ3n) is 2.32. The predicted octanol–water partition coefficient (Wildman–Crippen LogP) is 1.68. The summed E-state index contributed by atoms with van der Waals surface area (Å²) in [5.41, 5.74) is 0.647. The Kier molecular flexibility index (Phi) is 5.55. The van der Waals surface area contributed by atoms with Crippen LogP contribution >= 0.6 is 15.9 Å². The summed E-state index contributed by atoms with van der Waals surface area (Å²) in [6.45, 7) is 0.875. The number of aromatic nitrogens is 1. The monoisotopic (exact) mass is 288 g/mol. The Morgan fingerprint density at radius 1 is 1.50 bits per heavy atom. The number of amides is 1. The molecule has 90 valence electrons. The van der Waals surface area contributed by atoms with Crippen molar-refractivity contribution >= 4 is 21.8 Å². The Labute approximate surface area is 104 Å². The van der Waals surface area contributed by atoms with Crippen LogP contribution in [0, 0.1) is 0 Å². The zero-order valence-corrected chi connectivity index (χ0v) is 11.0. The SMILES string of the molecule is Cn1cc(Br)cc1C(=O)NCCCCCO. The van der Waals surface area contributed by atoms with Crippen LogP contribution in [-0.4, -0.2) is 28.7 Å². The average molecular weight is 289 g/mol. The number of hydrogen-bond acceptors (Lipinski definition) is 2. The molecule has 4 nitrogen and oxygen atoms in total. The van der Waals surface area contributed by atoms with Gasteiger partial charge in [-0.1, -0.05) is 0 Å².